The van der Waals surface area contributed by atoms with Crippen LogP contribution in [-0.4, -0.2) is 41.3 Å². The van der Waals surface area contributed by atoms with E-state index < -0.39 is 0 Å². The monoisotopic (exact) mass is 268 g/mol. The molecule has 0 aromatic carbocycles. The van der Waals surface area contributed by atoms with E-state index in [1.807, 2.05) is 0 Å². The van der Waals surface area contributed by atoms with E-state index in [1.165, 1.54) is 38.8 Å². The molecule has 1 saturated carbocycles. The van der Waals surface area contributed by atoms with E-state index in [0.29, 0.717) is 11.5 Å². The second kappa shape index (κ2) is 5.71. The summed E-state index contributed by atoms with van der Waals surface area (Å²) in [5.41, 5.74) is 6.41. The Morgan fingerprint density at radius 2 is 1.84 bits per heavy atom. The molecule has 112 valence electrons. The molecule has 0 aromatic heterocycles. The standard InChI is InChI=1S/C16H32N2O/c1-15(2,3)13-6-9-18(10-7-13)14-5-4-8-16(17,11-14)12-19/h13-14,19H,4-12,17H2,1-3H3. The first-order valence-electron chi connectivity index (χ1n) is 7.98. The highest BCUT2D eigenvalue weighted by molar-refractivity contribution is 4.95. The molecule has 0 bridgehead atoms. The van der Waals surface area contributed by atoms with Crippen LogP contribution in [0.15, 0.2) is 0 Å². The molecule has 3 heteroatoms. The molecule has 0 spiro atoms. The average molecular weight is 268 g/mol. The number of piperidine rings is 1. The van der Waals surface area contributed by atoms with E-state index in [-0.39, 0.29) is 12.1 Å². The van der Waals surface area contributed by atoms with Crippen molar-refractivity contribution >= 4 is 0 Å². The summed E-state index contributed by atoms with van der Waals surface area (Å²) in [5, 5.41) is 9.47. The van der Waals surface area contributed by atoms with Gasteiger partial charge >= 0.3 is 0 Å². The molecule has 2 aliphatic rings. The van der Waals surface area contributed by atoms with Gasteiger partial charge in [-0.25, -0.2) is 0 Å². The molecule has 3 nitrogen and oxygen atoms in total. The zero-order valence-corrected chi connectivity index (χ0v) is 13.0. The average Bonchev–Trinajstić information content (AvgIpc) is 2.38. The maximum Gasteiger partial charge on any atom is 0.0611 e. The van der Waals surface area contributed by atoms with Crippen LogP contribution in [0.1, 0.15) is 59.3 Å². The van der Waals surface area contributed by atoms with Gasteiger partial charge in [0.05, 0.1) is 6.61 Å². The number of nitrogens with zero attached hydrogens (tertiary/aromatic N) is 1. The number of likely N-dealkylation sites (tertiary alicyclic amines) is 1. The Hall–Kier alpha value is -0.120. The van der Waals surface area contributed by atoms with Gasteiger partial charge in [-0.1, -0.05) is 20.8 Å². The molecule has 3 N–H and O–H groups in total. The van der Waals surface area contributed by atoms with Crippen LogP contribution in [0, 0.1) is 11.3 Å². The van der Waals surface area contributed by atoms with Gasteiger partial charge in [-0.2, -0.15) is 0 Å². The molecular formula is C16H32N2O. The van der Waals surface area contributed by atoms with Crippen LogP contribution in [0.25, 0.3) is 0 Å². The van der Waals surface area contributed by atoms with Gasteiger partial charge in [0, 0.05) is 11.6 Å². The fourth-order valence-corrected chi connectivity index (χ4v) is 3.95. The minimum Gasteiger partial charge on any atom is -0.394 e. The number of hydrogen-bond donors (Lipinski definition) is 2. The maximum atomic E-state index is 9.47. The van der Waals surface area contributed by atoms with E-state index in [2.05, 4.69) is 25.7 Å². The maximum absolute atomic E-state index is 9.47. The lowest BCUT2D eigenvalue weighted by Crippen LogP contribution is -2.54. The van der Waals surface area contributed by atoms with E-state index in [4.69, 9.17) is 5.73 Å². The highest BCUT2D eigenvalue weighted by Gasteiger charge is 2.37. The van der Waals surface area contributed by atoms with Crippen LogP contribution < -0.4 is 5.73 Å². The molecule has 0 amide bonds. The van der Waals surface area contributed by atoms with Crippen LogP contribution in [0.4, 0.5) is 0 Å². The van der Waals surface area contributed by atoms with Gasteiger partial charge in [-0.15, -0.1) is 0 Å². The van der Waals surface area contributed by atoms with Crippen molar-refractivity contribution in [2.75, 3.05) is 19.7 Å². The van der Waals surface area contributed by atoms with Gasteiger partial charge in [0.15, 0.2) is 0 Å². The Morgan fingerprint density at radius 1 is 1.21 bits per heavy atom. The number of aliphatic hydroxyl groups is 1. The summed E-state index contributed by atoms with van der Waals surface area (Å²) < 4.78 is 0. The Labute approximate surface area is 118 Å². The van der Waals surface area contributed by atoms with Crippen LogP contribution in [0.2, 0.25) is 0 Å². The highest BCUT2D eigenvalue weighted by Crippen LogP contribution is 2.37. The second-order valence-corrected chi connectivity index (χ2v) is 7.95. The zero-order chi connectivity index (χ0) is 14.1. The largest absolute Gasteiger partial charge is 0.394 e. The smallest absolute Gasteiger partial charge is 0.0611 e. The third kappa shape index (κ3) is 3.71. The Balaban J connectivity index is 1.88. The fourth-order valence-electron chi connectivity index (χ4n) is 3.95. The van der Waals surface area contributed by atoms with Crippen molar-refractivity contribution in [2.24, 2.45) is 17.1 Å². The number of nitrogens with two attached hydrogens (primary N) is 1. The topological polar surface area (TPSA) is 49.5 Å². The predicted octanol–water partition coefficient (Wildman–Crippen LogP) is 2.38. The van der Waals surface area contributed by atoms with Crippen molar-refractivity contribution in [1.29, 1.82) is 0 Å². The third-order valence-electron chi connectivity index (χ3n) is 5.44. The summed E-state index contributed by atoms with van der Waals surface area (Å²) in [4.78, 5) is 2.64. The normalized spacial score (nSPS) is 35.5. The van der Waals surface area contributed by atoms with Crippen molar-refractivity contribution in [1.82, 2.24) is 4.90 Å². The molecule has 2 atom stereocenters. The predicted molar refractivity (Wildman–Crippen MR) is 80.0 cm³/mol. The van der Waals surface area contributed by atoms with Crippen molar-refractivity contribution in [2.45, 2.75) is 70.9 Å². The molecule has 1 heterocycles. The first-order valence-corrected chi connectivity index (χ1v) is 7.98. The third-order valence-corrected chi connectivity index (χ3v) is 5.44. The van der Waals surface area contributed by atoms with Gasteiger partial charge < -0.3 is 15.7 Å². The van der Waals surface area contributed by atoms with E-state index in [1.54, 1.807) is 0 Å². The lowest BCUT2D eigenvalue weighted by molar-refractivity contribution is 0.0400. The first-order chi connectivity index (χ1) is 8.84. The fraction of sp³-hybridized carbons (Fsp3) is 1.00. The zero-order valence-electron chi connectivity index (χ0n) is 13.0. The summed E-state index contributed by atoms with van der Waals surface area (Å²) in [5.74, 6) is 0.854. The molecule has 19 heavy (non-hydrogen) atoms. The van der Waals surface area contributed by atoms with Gasteiger partial charge in [0.2, 0.25) is 0 Å². The van der Waals surface area contributed by atoms with E-state index >= 15 is 0 Å². The van der Waals surface area contributed by atoms with Gasteiger partial charge in [0.1, 0.15) is 0 Å². The number of hydrogen-bond acceptors (Lipinski definition) is 3. The van der Waals surface area contributed by atoms with Crippen LogP contribution in [-0.2, 0) is 0 Å². The summed E-state index contributed by atoms with van der Waals surface area (Å²) in [6.07, 6.45) is 7.02. The van der Waals surface area contributed by atoms with Crippen LogP contribution in [0.3, 0.4) is 0 Å². The molecule has 2 rings (SSSR count). The number of rotatable bonds is 2. The number of aliphatic hydroxyl groups excluding tert-OH is 1. The highest BCUT2D eigenvalue weighted by atomic mass is 16.3. The van der Waals surface area contributed by atoms with Crippen molar-refractivity contribution in [3.8, 4) is 0 Å². The van der Waals surface area contributed by atoms with Gasteiger partial charge in [0.25, 0.3) is 0 Å². The lowest BCUT2D eigenvalue weighted by Gasteiger charge is -2.46. The molecule has 1 aliphatic carbocycles. The summed E-state index contributed by atoms with van der Waals surface area (Å²) in [6, 6.07) is 0.604. The van der Waals surface area contributed by atoms with Crippen molar-refractivity contribution in [3.63, 3.8) is 0 Å². The molecule has 2 unspecified atom stereocenters. The molecule has 0 aromatic rings. The minimum atomic E-state index is -0.316. The van der Waals surface area contributed by atoms with E-state index in [0.717, 1.165) is 18.8 Å². The quantitative estimate of drug-likeness (QED) is 0.808. The molecule has 2 fully saturated rings. The van der Waals surface area contributed by atoms with Crippen LogP contribution in [0.5, 0.6) is 0 Å². The molecular weight excluding hydrogens is 236 g/mol. The van der Waals surface area contributed by atoms with E-state index in [9.17, 15) is 5.11 Å². The van der Waals surface area contributed by atoms with Crippen molar-refractivity contribution < 1.29 is 5.11 Å². The van der Waals surface area contributed by atoms with Crippen molar-refractivity contribution in [3.05, 3.63) is 0 Å². The molecule has 1 saturated heterocycles. The lowest BCUT2D eigenvalue weighted by atomic mass is 9.74. The second-order valence-electron chi connectivity index (χ2n) is 7.95. The Kier molecular flexibility index (Phi) is 4.59. The first kappa shape index (κ1) is 15.3. The Morgan fingerprint density at radius 3 is 2.37 bits per heavy atom. The summed E-state index contributed by atoms with van der Waals surface area (Å²) >= 11 is 0. The van der Waals surface area contributed by atoms with Crippen LogP contribution >= 0.6 is 0 Å². The Bertz CT molecular complexity index is 292. The summed E-state index contributed by atoms with van der Waals surface area (Å²) in [7, 11) is 0. The summed E-state index contributed by atoms with van der Waals surface area (Å²) in [6.45, 7) is 9.67. The molecule has 0 radical (unpaired) electrons. The van der Waals surface area contributed by atoms with Gasteiger partial charge in [-0.05, 0) is 62.9 Å². The minimum absolute atomic E-state index is 0.141. The molecule has 1 aliphatic heterocycles. The SMILES string of the molecule is CC(C)(C)C1CCN(C2CCCC(N)(CO)C2)CC1. The van der Waals surface area contributed by atoms with Gasteiger partial charge in [-0.3, -0.25) is 0 Å².